The van der Waals surface area contributed by atoms with Gasteiger partial charge >= 0.3 is 5.97 Å². The topological polar surface area (TPSA) is 187 Å². The van der Waals surface area contributed by atoms with E-state index in [9.17, 15) is 19.2 Å². The smallest absolute Gasteiger partial charge is 0.325 e. The molecule has 0 spiro atoms. The molecule has 1 heterocycles. The van der Waals surface area contributed by atoms with E-state index in [-0.39, 0.29) is 6.42 Å². The monoisotopic (exact) mass is 419 g/mol. The molecule has 162 valence electrons. The Balaban J connectivity index is 2.12. The van der Waals surface area contributed by atoms with Crippen LogP contribution >= 0.6 is 0 Å². The first-order valence-corrected chi connectivity index (χ1v) is 9.24. The van der Waals surface area contributed by atoms with Crippen molar-refractivity contribution in [2.45, 2.75) is 31.5 Å². The minimum absolute atomic E-state index is 0.0953. The van der Waals surface area contributed by atoms with Gasteiger partial charge in [0.05, 0.1) is 13.2 Å². The second-order valence-corrected chi connectivity index (χ2v) is 6.76. The number of carboxylic acids is 1. The van der Waals surface area contributed by atoms with E-state index in [1.54, 1.807) is 6.20 Å². The number of nitrogens with two attached hydrogens (primary N) is 1. The zero-order chi connectivity index (χ0) is 22.3. The summed E-state index contributed by atoms with van der Waals surface area (Å²) in [5.41, 5.74) is 6.96. The van der Waals surface area contributed by atoms with Gasteiger partial charge in [0.1, 0.15) is 18.1 Å². The van der Waals surface area contributed by atoms with Crippen molar-refractivity contribution in [1.82, 2.24) is 20.9 Å². The SMILES string of the molecule is CC(NC(=O)C(Cc1c[nH]c2ccccc12)NC(=O)CNC(=O)C(N)CO)C(=O)O. The summed E-state index contributed by atoms with van der Waals surface area (Å²) in [6.45, 7) is 0.270. The number of aliphatic hydroxyl groups excluding tert-OH is 1. The van der Waals surface area contributed by atoms with Gasteiger partial charge in [0.2, 0.25) is 17.7 Å². The fraction of sp³-hybridized carbons (Fsp3) is 0.368. The van der Waals surface area contributed by atoms with Gasteiger partial charge in [-0.3, -0.25) is 19.2 Å². The highest BCUT2D eigenvalue weighted by Crippen LogP contribution is 2.19. The van der Waals surface area contributed by atoms with Crippen molar-refractivity contribution in [2.24, 2.45) is 5.73 Å². The Morgan fingerprint density at radius 3 is 2.50 bits per heavy atom. The number of carbonyl (C=O) groups is 4. The predicted octanol–water partition coefficient (Wildman–Crippen LogP) is -1.78. The summed E-state index contributed by atoms with van der Waals surface area (Å²) in [7, 11) is 0. The number of aliphatic hydroxyl groups is 1. The zero-order valence-electron chi connectivity index (χ0n) is 16.3. The van der Waals surface area contributed by atoms with E-state index in [0.29, 0.717) is 0 Å². The van der Waals surface area contributed by atoms with Crippen LogP contribution in [0.4, 0.5) is 0 Å². The van der Waals surface area contributed by atoms with E-state index >= 15 is 0 Å². The average molecular weight is 419 g/mol. The van der Waals surface area contributed by atoms with Gasteiger partial charge in [0.25, 0.3) is 0 Å². The molecule has 1 aromatic heterocycles. The third-order valence-electron chi connectivity index (χ3n) is 4.44. The number of para-hydroxylation sites is 1. The van der Waals surface area contributed by atoms with E-state index in [1.165, 1.54) is 6.92 Å². The van der Waals surface area contributed by atoms with Crippen LogP contribution in [0, 0.1) is 0 Å². The number of amides is 3. The highest BCUT2D eigenvalue weighted by atomic mass is 16.4. The second kappa shape index (κ2) is 10.4. The molecule has 3 atom stereocenters. The number of hydrogen-bond acceptors (Lipinski definition) is 6. The van der Waals surface area contributed by atoms with Crippen LogP contribution in [-0.2, 0) is 25.6 Å². The molecule has 11 heteroatoms. The van der Waals surface area contributed by atoms with Crippen molar-refractivity contribution in [3.8, 4) is 0 Å². The molecule has 3 amide bonds. The fourth-order valence-electron chi connectivity index (χ4n) is 2.73. The normalized spacial score (nSPS) is 13.8. The van der Waals surface area contributed by atoms with Gasteiger partial charge < -0.3 is 36.9 Å². The van der Waals surface area contributed by atoms with E-state index in [1.807, 2.05) is 24.3 Å². The second-order valence-electron chi connectivity index (χ2n) is 6.76. The summed E-state index contributed by atoms with van der Waals surface area (Å²) >= 11 is 0. The molecule has 0 aliphatic rings. The van der Waals surface area contributed by atoms with Crippen molar-refractivity contribution >= 4 is 34.6 Å². The molecule has 0 saturated carbocycles. The van der Waals surface area contributed by atoms with Gasteiger partial charge in [-0.1, -0.05) is 18.2 Å². The Labute approximate surface area is 172 Å². The fourth-order valence-corrected chi connectivity index (χ4v) is 2.73. The minimum Gasteiger partial charge on any atom is -0.480 e. The first-order valence-electron chi connectivity index (χ1n) is 9.24. The predicted molar refractivity (Wildman–Crippen MR) is 107 cm³/mol. The summed E-state index contributed by atoms with van der Waals surface area (Å²) in [6, 6.07) is 4.00. The molecule has 3 unspecified atom stereocenters. The number of hydrogen-bond donors (Lipinski definition) is 7. The van der Waals surface area contributed by atoms with Crippen LogP contribution in [0.2, 0.25) is 0 Å². The third kappa shape index (κ3) is 6.03. The lowest BCUT2D eigenvalue weighted by atomic mass is 10.0. The van der Waals surface area contributed by atoms with Gasteiger partial charge in [-0.05, 0) is 18.6 Å². The van der Waals surface area contributed by atoms with Crippen LogP contribution < -0.4 is 21.7 Å². The first-order chi connectivity index (χ1) is 14.2. The summed E-state index contributed by atoms with van der Waals surface area (Å²) in [4.78, 5) is 50.6. The van der Waals surface area contributed by atoms with Gasteiger partial charge in [0.15, 0.2) is 0 Å². The van der Waals surface area contributed by atoms with Crippen LogP contribution in [0.1, 0.15) is 12.5 Å². The van der Waals surface area contributed by atoms with Crippen LogP contribution in [0.3, 0.4) is 0 Å². The number of carboxylic acid groups (broad SMARTS) is 1. The highest BCUT2D eigenvalue weighted by molar-refractivity contribution is 5.93. The minimum atomic E-state index is -1.22. The van der Waals surface area contributed by atoms with Crippen molar-refractivity contribution in [3.05, 3.63) is 36.0 Å². The van der Waals surface area contributed by atoms with Gasteiger partial charge in [-0.25, -0.2) is 0 Å². The third-order valence-corrected chi connectivity index (χ3v) is 4.44. The molecule has 11 nitrogen and oxygen atoms in total. The lowest BCUT2D eigenvalue weighted by molar-refractivity contribution is -0.141. The van der Waals surface area contributed by atoms with Crippen molar-refractivity contribution in [2.75, 3.05) is 13.2 Å². The maximum atomic E-state index is 12.6. The number of benzene rings is 1. The Morgan fingerprint density at radius 1 is 1.13 bits per heavy atom. The lowest BCUT2D eigenvalue weighted by Gasteiger charge is -2.20. The molecule has 2 rings (SSSR count). The van der Waals surface area contributed by atoms with Gasteiger partial charge in [-0.2, -0.15) is 0 Å². The Hall–Kier alpha value is -3.44. The van der Waals surface area contributed by atoms with E-state index in [2.05, 4.69) is 20.9 Å². The Morgan fingerprint density at radius 2 is 1.83 bits per heavy atom. The van der Waals surface area contributed by atoms with Crippen molar-refractivity contribution < 1.29 is 29.4 Å². The number of aromatic amines is 1. The molecule has 1 aromatic carbocycles. The highest BCUT2D eigenvalue weighted by Gasteiger charge is 2.26. The molecule has 30 heavy (non-hydrogen) atoms. The van der Waals surface area contributed by atoms with Gasteiger partial charge in [-0.15, -0.1) is 0 Å². The molecule has 0 aliphatic heterocycles. The molecule has 0 aliphatic carbocycles. The number of carbonyl (C=O) groups excluding carboxylic acids is 3. The number of H-pyrrole nitrogens is 1. The molecule has 0 radical (unpaired) electrons. The van der Waals surface area contributed by atoms with Crippen LogP contribution in [0.5, 0.6) is 0 Å². The molecular formula is C19H25N5O6. The van der Waals surface area contributed by atoms with Gasteiger partial charge in [0, 0.05) is 23.5 Å². The van der Waals surface area contributed by atoms with E-state index in [0.717, 1.165) is 16.5 Å². The van der Waals surface area contributed by atoms with Crippen molar-refractivity contribution in [3.63, 3.8) is 0 Å². The number of aliphatic carboxylic acids is 1. The zero-order valence-corrected chi connectivity index (χ0v) is 16.3. The van der Waals surface area contributed by atoms with E-state index in [4.69, 9.17) is 15.9 Å². The maximum absolute atomic E-state index is 12.6. The quantitative estimate of drug-likeness (QED) is 0.237. The van der Waals surface area contributed by atoms with Crippen molar-refractivity contribution in [1.29, 1.82) is 0 Å². The number of nitrogens with one attached hydrogen (secondary N) is 4. The molecule has 0 fully saturated rings. The van der Waals surface area contributed by atoms with Crippen LogP contribution in [-0.4, -0.2) is 70.2 Å². The maximum Gasteiger partial charge on any atom is 0.325 e. The molecule has 0 bridgehead atoms. The lowest BCUT2D eigenvalue weighted by Crippen LogP contribution is -2.54. The Kier molecular flexibility index (Phi) is 7.90. The van der Waals surface area contributed by atoms with Crippen LogP contribution in [0.25, 0.3) is 10.9 Å². The first kappa shape index (κ1) is 22.8. The standard InChI is InChI=1S/C19H25N5O6/c1-10(19(29)30)23-18(28)15(24-16(26)8-22-17(27)13(20)9-25)6-11-7-21-14-5-3-2-4-12(11)14/h2-5,7,10,13,15,21,25H,6,8-9,20H2,1H3,(H,22,27)(H,23,28)(H,24,26)(H,29,30). The summed E-state index contributed by atoms with van der Waals surface area (Å²) in [5.74, 6) is -3.28. The molecule has 8 N–H and O–H groups in total. The molecule has 0 saturated heterocycles. The number of aromatic nitrogens is 1. The van der Waals surface area contributed by atoms with E-state index < -0.39 is 55.0 Å². The molecular weight excluding hydrogens is 394 g/mol. The molecule has 2 aromatic rings. The summed E-state index contributed by atoms with van der Waals surface area (Å²) in [6.07, 6.45) is 1.80. The van der Waals surface area contributed by atoms with Crippen LogP contribution in [0.15, 0.2) is 30.5 Å². The number of fused-ring (bicyclic) bond motifs is 1. The summed E-state index contributed by atoms with van der Waals surface area (Å²) in [5, 5.41) is 25.8. The largest absolute Gasteiger partial charge is 0.480 e. The number of rotatable bonds is 10. The Bertz CT molecular complexity index is 927. The average Bonchev–Trinajstić information content (AvgIpc) is 3.13. The summed E-state index contributed by atoms with van der Waals surface area (Å²) < 4.78 is 0.